The maximum atomic E-state index is 12.0. The smallest absolute Gasteiger partial charge is 0.198 e. The number of carbonyl (C=O) groups is 1. The van der Waals surface area contributed by atoms with Crippen molar-refractivity contribution in [3.8, 4) is 0 Å². The Morgan fingerprint density at radius 2 is 2.13 bits per heavy atom. The molecule has 0 saturated heterocycles. The van der Waals surface area contributed by atoms with Gasteiger partial charge in [0.05, 0.1) is 17.3 Å². The van der Waals surface area contributed by atoms with E-state index in [9.17, 15) is 4.79 Å². The predicted molar refractivity (Wildman–Crippen MR) is 60.5 cm³/mol. The summed E-state index contributed by atoms with van der Waals surface area (Å²) in [5, 5.41) is 7.40. The van der Waals surface area contributed by atoms with E-state index in [1.807, 2.05) is 13.8 Å². The van der Waals surface area contributed by atoms with E-state index in [1.165, 1.54) is 6.20 Å². The molecule has 1 heterocycles. The van der Waals surface area contributed by atoms with Crippen LogP contribution in [0.2, 0.25) is 5.02 Å². The van der Waals surface area contributed by atoms with Crippen LogP contribution >= 0.6 is 11.6 Å². The highest BCUT2D eigenvalue weighted by Crippen LogP contribution is 2.20. The molecule has 1 aromatic rings. The van der Waals surface area contributed by atoms with Gasteiger partial charge < -0.3 is 5.32 Å². The molecule has 0 radical (unpaired) electrons. The van der Waals surface area contributed by atoms with Gasteiger partial charge in [-0.15, -0.1) is 0 Å². The average molecular weight is 230 g/mol. The number of nitrogens with zero attached hydrogens (tertiary/aromatic N) is 2. The molecular weight excluding hydrogens is 214 g/mol. The number of carbonyl (C=O) groups excluding carboxylic acids is 1. The standard InChI is InChI=1S/C10H16ClN3O/c1-6(2)14-9(8(11)5-13-14)10(15)7(3)12-4/h5-7,12H,1-4H3. The zero-order chi connectivity index (χ0) is 11.6. The molecule has 1 aromatic heterocycles. The summed E-state index contributed by atoms with van der Waals surface area (Å²) in [4.78, 5) is 12.0. The Morgan fingerprint density at radius 3 is 2.60 bits per heavy atom. The first-order valence-corrected chi connectivity index (χ1v) is 5.31. The summed E-state index contributed by atoms with van der Waals surface area (Å²) in [5.74, 6) is -0.0336. The lowest BCUT2D eigenvalue weighted by Gasteiger charge is -2.13. The zero-order valence-electron chi connectivity index (χ0n) is 9.41. The number of nitrogens with one attached hydrogen (secondary N) is 1. The molecule has 1 N–H and O–H groups in total. The molecule has 1 atom stereocenters. The summed E-state index contributed by atoms with van der Waals surface area (Å²) in [7, 11) is 1.74. The van der Waals surface area contributed by atoms with E-state index in [0.29, 0.717) is 10.7 Å². The van der Waals surface area contributed by atoms with E-state index in [2.05, 4.69) is 10.4 Å². The second kappa shape index (κ2) is 4.77. The summed E-state index contributed by atoms with van der Waals surface area (Å²) in [5.41, 5.74) is 0.480. The van der Waals surface area contributed by atoms with Gasteiger partial charge in [-0.1, -0.05) is 11.6 Å². The molecule has 0 aliphatic rings. The van der Waals surface area contributed by atoms with Crippen LogP contribution in [0.25, 0.3) is 0 Å². The van der Waals surface area contributed by atoms with Gasteiger partial charge in [0.25, 0.3) is 0 Å². The van der Waals surface area contributed by atoms with Gasteiger partial charge in [-0.3, -0.25) is 9.48 Å². The molecule has 0 spiro atoms. The number of halogens is 1. The van der Waals surface area contributed by atoms with Gasteiger partial charge in [-0.2, -0.15) is 5.10 Å². The summed E-state index contributed by atoms with van der Waals surface area (Å²) in [6.45, 7) is 5.73. The van der Waals surface area contributed by atoms with Gasteiger partial charge >= 0.3 is 0 Å². The van der Waals surface area contributed by atoms with Gasteiger partial charge in [0.1, 0.15) is 5.69 Å². The Bertz CT molecular complexity index is 360. The Morgan fingerprint density at radius 1 is 1.53 bits per heavy atom. The van der Waals surface area contributed by atoms with Crippen LogP contribution in [0, 0.1) is 0 Å². The summed E-state index contributed by atoms with van der Waals surface area (Å²) in [6, 6.07) is -0.128. The first kappa shape index (κ1) is 12.2. The molecule has 0 fully saturated rings. The first-order chi connectivity index (χ1) is 6.99. The molecular formula is C10H16ClN3O. The number of aromatic nitrogens is 2. The Kier molecular flexibility index (Phi) is 3.88. The fraction of sp³-hybridized carbons (Fsp3) is 0.600. The third-order valence-electron chi connectivity index (χ3n) is 2.30. The van der Waals surface area contributed by atoms with Crippen molar-refractivity contribution in [1.29, 1.82) is 0 Å². The minimum absolute atomic E-state index is 0.0336. The van der Waals surface area contributed by atoms with Gasteiger partial charge in [-0.05, 0) is 27.8 Å². The Labute approximate surface area is 94.6 Å². The topological polar surface area (TPSA) is 46.9 Å². The molecule has 5 heteroatoms. The van der Waals surface area contributed by atoms with Crippen LogP contribution < -0.4 is 5.32 Å². The van der Waals surface area contributed by atoms with Crippen molar-refractivity contribution in [3.63, 3.8) is 0 Å². The van der Waals surface area contributed by atoms with Crippen LogP contribution in [-0.4, -0.2) is 28.7 Å². The fourth-order valence-corrected chi connectivity index (χ4v) is 1.52. The van der Waals surface area contributed by atoms with E-state index in [4.69, 9.17) is 11.6 Å². The lowest BCUT2D eigenvalue weighted by atomic mass is 10.1. The minimum atomic E-state index is -0.253. The van der Waals surface area contributed by atoms with Crippen LogP contribution in [-0.2, 0) is 0 Å². The summed E-state index contributed by atoms with van der Waals surface area (Å²) >= 11 is 5.95. The van der Waals surface area contributed by atoms with Crippen LogP contribution in [0.3, 0.4) is 0 Å². The van der Waals surface area contributed by atoms with Crippen molar-refractivity contribution in [1.82, 2.24) is 15.1 Å². The van der Waals surface area contributed by atoms with Crippen molar-refractivity contribution >= 4 is 17.4 Å². The summed E-state index contributed by atoms with van der Waals surface area (Å²) < 4.78 is 1.65. The monoisotopic (exact) mass is 229 g/mol. The zero-order valence-corrected chi connectivity index (χ0v) is 10.2. The molecule has 84 valence electrons. The number of likely N-dealkylation sites (N-methyl/N-ethyl adjacent to an activating group) is 1. The molecule has 15 heavy (non-hydrogen) atoms. The second-order valence-corrected chi connectivity index (χ2v) is 4.16. The molecule has 0 aliphatic heterocycles. The van der Waals surface area contributed by atoms with E-state index in [-0.39, 0.29) is 17.9 Å². The number of hydrogen-bond donors (Lipinski definition) is 1. The lowest BCUT2D eigenvalue weighted by Crippen LogP contribution is -2.32. The number of ketones is 1. The van der Waals surface area contributed by atoms with Gasteiger partial charge in [0.15, 0.2) is 5.78 Å². The third-order valence-corrected chi connectivity index (χ3v) is 2.58. The van der Waals surface area contributed by atoms with Crippen molar-refractivity contribution in [2.75, 3.05) is 7.05 Å². The van der Waals surface area contributed by atoms with Crippen LogP contribution in [0.4, 0.5) is 0 Å². The first-order valence-electron chi connectivity index (χ1n) is 4.93. The molecule has 0 aliphatic carbocycles. The highest BCUT2D eigenvalue weighted by atomic mass is 35.5. The predicted octanol–water partition coefficient (Wildman–Crippen LogP) is 1.91. The van der Waals surface area contributed by atoms with E-state index < -0.39 is 0 Å². The third kappa shape index (κ3) is 2.38. The average Bonchev–Trinajstić information content (AvgIpc) is 2.58. The van der Waals surface area contributed by atoms with Crippen molar-refractivity contribution < 1.29 is 4.79 Å². The normalized spacial score (nSPS) is 13.2. The van der Waals surface area contributed by atoms with Gasteiger partial charge in [0, 0.05) is 6.04 Å². The fourth-order valence-electron chi connectivity index (χ4n) is 1.30. The highest BCUT2D eigenvalue weighted by Gasteiger charge is 2.22. The number of Topliss-reactive ketones (excluding diaryl/α,β-unsaturated/α-hetero) is 1. The van der Waals surface area contributed by atoms with Gasteiger partial charge in [-0.25, -0.2) is 0 Å². The van der Waals surface area contributed by atoms with Gasteiger partial charge in [0.2, 0.25) is 0 Å². The summed E-state index contributed by atoms with van der Waals surface area (Å²) in [6.07, 6.45) is 1.51. The molecule has 0 aromatic carbocycles. The molecule has 0 saturated carbocycles. The molecule has 1 unspecified atom stereocenters. The largest absolute Gasteiger partial charge is 0.310 e. The maximum Gasteiger partial charge on any atom is 0.198 e. The number of hydrogen-bond acceptors (Lipinski definition) is 3. The quantitative estimate of drug-likeness (QED) is 0.803. The van der Waals surface area contributed by atoms with Crippen LogP contribution in [0.1, 0.15) is 37.3 Å². The second-order valence-electron chi connectivity index (χ2n) is 3.75. The SMILES string of the molecule is CNC(C)C(=O)c1c(Cl)cnn1C(C)C. The Balaban J connectivity index is 3.12. The van der Waals surface area contributed by atoms with E-state index in [1.54, 1.807) is 18.7 Å². The molecule has 0 amide bonds. The molecule has 1 rings (SSSR count). The Hall–Kier alpha value is -0.870. The van der Waals surface area contributed by atoms with Crippen LogP contribution in [0.15, 0.2) is 6.20 Å². The molecule has 4 nitrogen and oxygen atoms in total. The highest BCUT2D eigenvalue weighted by molar-refractivity contribution is 6.33. The number of rotatable bonds is 4. The van der Waals surface area contributed by atoms with Crippen molar-refractivity contribution in [2.45, 2.75) is 32.9 Å². The molecule has 0 bridgehead atoms. The van der Waals surface area contributed by atoms with E-state index >= 15 is 0 Å². The van der Waals surface area contributed by atoms with E-state index in [0.717, 1.165) is 0 Å². The minimum Gasteiger partial charge on any atom is -0.310 e. The maximum absolute atomic E-state index is 12.0. The van der Waals surface area contributed by atoms with Crippen LogP contribution in [0.5, 0.6) is 0 Å². The van der Waals surface area contributed by atoms with Crippen molar-refractivity contribution in [3.05, 3.63) is 16.9 Å². The van der Waals surface area contributed by atoms with Crippen molar-refractivity contribution in [2.24, 2.45) is 0 Å². The lowest BCUT2D eigenvalue weighted by molar-refractivity contribution is 0.0942.